The maximum absolute atomic E-state index is 10.7. The molecule has 0 bridgehead atoms. The van der Waals surface area contributed by atoms with Gasteiger partial charge in [-0.25, -0.2) is 0 Å². The van der Waals surface area contributed by atoms with Gasteiger partial charge in [-0.05, 0) is 29.8 Å². The summed E-state index contributed by atoms with van der Waals surface area (Å²) < 4.78 is 12.4. The second-order valence-corrected chi connectivity index (χ2v) is 5.55. The van der Waals surface area contributed by atoms with Crippen molar-refractivity contribution in [3.63, 3.8) is 0 Å². The predicted molar refractivity (Wildman–Crippen MR) is 79.5 cm³/mol. The van der Waals surface area contributed by atoms with Crippen LogP contribution in [0.25, 0.3) is 0 Å². The Kier molecular flexibility index (Phi) is 3.74. The third-order valence-corrected chi connectivity index (χ3v) is 3.67. The zero-order valence-corrected chi connectivity index (χ0v) is 12.4. The van der Waals surface area contributed by atoms with Gasteiger partial charge >= 0.3 is 0 Å². The molecule has 0 saturated carbocycles. The Bertz CT molecular complexity index is 652. The Labute approximate surface area is 125 Å². The molecule has 102 valence electrons. The molecule has 0 unspecified atom stereocenters. The lowest BCUT2D eigenvalue weighted by Crippen LogP contribution is -1.99. The van der Waals surface area contributed by atoms with E-state index in [-0.39, 0.29) is 0 Å². The first-order chi connectivity index (χ1) is 9.76. The topological polar surface area (TPSA) is 35.5 Å². The van der Waals surface area contributed by atoms with Gasteiger partial charge in [0.25, 0.3) is 0 Å². The van der Waals surface area contributed by atoms with Crippen molar-refractivity contribution in [3.8, 4) is 11.5 Å². The zero-order chi connectivity index (χ0) is 13.9. The van der Waals surface area contributed by atoms with Gasteiger partial charge in [0, 0.05) is 22.0 Å². The average Bonchev–Trinajstić information content (AvgIpc) is 2.93. The van der Waals surface area contributed by atoms with Gasteiger partial charge in [-0.15, -0.1) is 0 Å². The van der Waals surface area contributed by atoms with Crippen LogP contribution in [-0.2, 0) is 13.0 Å². The summed E-state index contributed by atoms with van der Waals surface area (Å²) in [6, 6.07) is 11.2. The Balaban J connectivity index is 1.80. The van der Waals surface area contributed by atoms with Crippen LogP contribution in [0.3, 0.4) is 0 Å². The Morgan fingerprint density at radius 3 is 3.05 bits per heavy atom. The number of halogens is 1. The molecule has 2 aromatic carbocycles. The molecule has 0 amide bonds. The minimum absolute atomic E-state index is 0.421. The highest BCUT2D eigenvalue weighted by atomic mass is 79.9. The maximum Gasteiger partial charge on any atom is 0.150 e. The van der Waals surface area contributed by atoms with Crippen LogP contribution in [0.2, 0.25) is 0 Å². The number of benzene rings is 2. The van der Waals surface area contributed by atoms with E-state index < -0.39 is 0 Å². The van der Waals surface area contributed by atoms with Gasteiger partial charge in [-0.2, -0.15) is 0 Å². The third-order valence-electron chi connectivity index (χ3n) is 3.21. The van der Waals surface area contributed by atoms with E-state index in [4.69, 9.17) is 9.47 Å². The molecule has 0 aromatic heterocycles. The summed E-state index contributed by atoms with van der Waals surface area (Å²) in [4.78, 5) is 10.7. The van der Waals surface area contributed by atoms with Crippen molar-refractivity contribution in [1.29, 1.82) is 0 Å². The molecule has 0 aliphatic carbocycles. The summed E-state index contributed by atoms with van der Waals surface area (Å²) in [6.45, 7) is 1.14. The molecular weight excluding hydrogens is 320 g/mol. The second kappa shape index (κ2) is 5.67. The van der Waals surface area contributed by atoms with E-state index in [1.54, 1.807) is 18.2 Å². The molecule has 0 radical (unpaired) electrons. The smallest absolute Gasteiger partial charge is 0.150 e. The first-order valence-corrected chi connectivity index (χ1v) is 7.18. The summed E-state index contributed by atoms with van der Waals surface area (Å²) in [6.07, 6.45) is 1.75. The van der Waals surface area contributed by atoms with Crippen LogP contribution in [0, 0.1) is 0 Å². The largest absolute Gasteiger partial charge is 0.493 e. The summed E-state index contributed by atoms with van der Waals surface area (Å²) in [7, 11) is 0. The van der Waals surface area contributed by atoms with Crippen molar-refractivity contribution < 1.29 is 14.3 Å². The summed E-state index contributed by atoms with van der Waals surface area (Å²) in [5.41, 5.74) is 2.83. The number of aldehydes is 1. The maximum atomic E-state index is 10.7. The number of carbonyl (C=O) groups excluding carboxylic acids is 1. The first-order valence-electron chi connectivity index (χ1n) is 6.38. The minimum Gasteiger partial charge on any atom is -0.493 e. The molecular formula is C16H13BrO3. The molecule has 0 saturated heterocycles. The summed E-state index contributed by atoms with van der Waals surface area (Å²) in [5, 5.41) is 0. The highest BCUT2D eigenvalue weighted by molar-refractivity contribution is 9.10. The number of ether oxygens (including phenoxy) is 2. The molecule has 0 fully saturated rings. The van der Waals surface area contributed by atoms with E-state index >= 15 is 0 Å². The average molecular weight is 333 g/mol. The van der Waals surface area contributed by atoms with Gasteiger partial charge < -0.3 is 9.47 Å². The van der Waals surface area contributed by atoms with E-state index in [1.807, 2.05) is 12.1 Å². The van der Waals surface area contributed by atoms with E-state index in [0.29, 0.717) is 17.9 Å². The molecule has 3 rings (SSSR count). The SMILES string of the molecule is O=Cc1cccc(OCc2cc(Br)cc3c2OCC3)c1. The fourth-order valence-electron chi connectivity index (χ4n) is 2.29. The van der Waals surface area contributed by atoms with Crippen molar-refractivity contribution in [2.24, 2.45) is 0 Å². The normalized spacial score (nSPS) is 12.7. The van der Waals surface area contributed by atoms with Crippen molar-refractivity contribution in [2.75, 3.05) is 6.61 Å². The van der Waals surface area contributed by atoms with Gasteiger partial charge in [-0.3, -0.25) is 4.79 Å². The van der Waals surface area contributed by atoms with Gasteiger partial charge in [-0.1, -0.05) is 28.1 Å². The van der Waals surface area contributed by atoms with Gasteiger partial charge in [0.05, 0.1) is 6.61 Å². The molecule has 0 spiro atoms. The monoisotopic (exact) mass is 332 g/mol. The lowest BCUT2D eigenvalue weighted by molar-refractivity contribution is 0.112. The van der Waals surface area contributed by atoms with Crippen LogP contribution in [0.4, 0.5) is 0 Å². The number of hydrogen-bond acceptors (Lipinski definition) is 3. The van der Waals surface area contributed by atoms with Crippen molar-refractivity contribution >= 4 is 22.2 Å². The highest BCUT2D eigenvalue weighted by Gasteiger charge is 2.17. The molecule has 2 aromatic rings. The van der Waals surface area contributed by atoms with Crippen LogP contribution >= 0.6 is 15.9 Å². The second-order valence-electron chi connectivity index (χ2n) is 4.63. The predicted octanol–water partition coefficient (Wildman–Crippen LogP) is 3.78. The van der Waals surface area contributed by atoms with E-state index in [2.05, 4.69) is 22.0 Å². The number of fused-ring (bicyclic) bond motifs is 1. The molecule has 1 aliphatic heterocycles. The first kappa shape index (κ1) is 13.2. The number of rotatable bonds is 4. The standard InChI is InChI=1S/C16H13BrO3/c17-14-7-12-4-5-19-16(12)13(8-14)10-20-15-3-1-2-11(6-15)9-18/h1-3,6-9H,4-5,10H2. The number of carbonyl (C=O) groups is 1. The Morgan fingerprint density at radius 1 is 1.30 bits per heavy atom. The quantitative estimate of drug-likeness (QED) is 0.799. The van der Waals surface area contributed by atoms with Gasteiger partial charge in [0.1, 0.15) is 24.4 Å². The van der Waals surface area contributed by atoms with Gasteiger partial charge in [0.15, 0.2) is 0 Å². The third kappa shape index (κ3) is 2.70. The molecule has 3 nitrogen and oxygen atoms in total. The molecule has 1 aliphatic rings. The molecule has 4 heteroatoms. The van der Waals surface area contributed by atoms with Crippen molar-refractivity contribution in [3.05, 3.63) is 57.6 Å². The van der Waals surface area contributed by atoms with Gasteiger partial charge in [0.2, 0.25) is 0 Å². The van der Waals surface area contributed by atoms with E-state index in [9.17, 15) is 4.79 Å². The van der Waals surface area contributed by atoms with Crippen LogP contribution in [0.1, 0.15) is 21.5 Å². The van der Waals surface area contributed by atoms with Crippen LogP contribution in [0.15, 0.2) is 40.9 Å². The fraction of sp³-hybridized carbons (Fsp3) is 0.188. The van der Waals surface area contributed by atoms with Crippen molar-refractivity contribution in [2.45, 2.75) is 13.0 Å². The molecule has 20 heavy (non-hydrogen) atoms. The Morgan fingerprint density at radius 2 is 2.20 bits per heavy atom. The van der Waals surface area contributed by atoms with E-state index in [1.165, 1.54) is 5.56 Å². The summed E-state index contributed by atoms with van der Waals surface area (Å²) >= 11 is 3.51. The van der Waals surface area contributed by atoms with Crippen LogP contribution in [-0.4, -0.2) is 12.9 Å². The molecule has 0 N–H and O–H groups in total. The fourth-order valence-corrected chi connectivity index (χ4v) is 2.84. The van der Waals surface area contributed by atoms with E-state index in [0.717, 1.165) is 35.1 Å². The minimum atomic E-state index is 0.421. The van der Waals surface area contributed by atoms with Crippen molar-refractivity contribution in [1.82, 2.24) is 0 Å². The lowest BCUT2D eigenvalue weighted by Gasteiger charge is -2.11. The lowest BCUT2D eigenvalue weighted by atomic mass is 10.1. The molecule has 0 atom stereocenters. The Hall–Kier alpha value is -1.81. The highest BCUT2D eigenvalue weighted by Crippen LogP contribution is 2.33. The number of hydrogen-bond donors (Lipinski definition) is 0. The summed E-state index contributed by atoms with van der Waals surface area (Å²) in [5.74, 6) is 1.61. The van der Waals surface area contributed by atoms with Crippen LogP contribution < -0.4 is 9.47 Å². The zero-order valence-electron chi connectivity index (χ0n) is 10.8. The van der Waals surface area contributed by atoms with Crippen LogP contribution in [0.5, 0.6) is 11.5 Å². The molecule has 1 heterocycles.